The van der Waals surface area contributed by atoms with Crippen LogP contribution in [0.25, 0.3) is 0 Å². The molecule has 1 aromatic carbocycles. The molecule has 1 rings (SSSR count). The van der Waals surface area contributed by atoms with Crippen molar-refractivity contribution in [2.45, 2.75) is 39.5 Å². The number of hydrogen-bond acceptors (Lipinski definition) is 0. The maximum absolute atomic E-state index is 3.57. The van der Waals surface area contributed by atoms with E-state index < -0.39 is 0 Å². The molecular formula is C14H21Br. The molecule has 0 aliphatic carbocycles. The van der Waals surface area contributed by atoms with Crippen LogP contribution in [0.5, 0.6) is 0 Å². The molecule has 0 saturated carbocycles. The van der Waals surface area contributed by atoms with E-state index in [0.29, 0.717) is 0 Å². The van der Waals surface area contributed by atoms with Gasteiger partial charge < -0.3 is 0 Å². The molecule has 0 aromatic heterocycles. The van der Waals surface area contributed by atoms with Crippen molar-refractivity contribution >= 4 is 15.9 Å². The Balaban J connectivity index is 2.28. The van der Waals surface area contributed by atoms with E-state index in [1.54, 1.807) is 0 Å². The first-order chi connectivity index (χ1) is 7.26. The van der Waals surface area contributed by atoms with Gasteiger partial charge in [0.2, 0.25) is 0 Å². The third kappa shape index (κ3) is 4.83. The van der Waals surface area contributed by atoms with Crippen LogP contribution in [0.1, 0.15) is 37.3 Å². The first-order valence-electron chi connectivity index (χ1n) is 5.87. The minimum absolute atomic E-state index is 0.857. The van der Waals surface area contributed by atoms with Gasteiger partial charge in [-0.2, -0.15) is 0 Å². The van der Waals surface area contributed by atoms with Crippen molar-refractivity contribution in [3.63, 3.8) is 0 Å². The maximum atomic E-state index is 3.57. The van der Waals surface area contributed by atoms with Gasteiger partial charge in [-0.05, 0) is 37.7 Å². The molecule has 0 N–H and O–H groups in total. The van der Waals surface area contributed by atoms with Gasteiger partial charge in [0.15, 0.2) is 0 Å². The molecule has 84 valence electrons. The van der Waals surface area contributed by atoms with Crippen molar-refractivity contribution in [1.29, 1.82) is 0 Å². The highest BCUT2D eigenvalue weighted by Crippen LogP contribution is 2.16. The quantitative estimate of drug-likeness (QED) is 0.654. The molecule has 1 heteroatoms. The molecule has 0 bridgehead atoms. The fourth-order valence-corrected chi connectivity index (χ4v) is 2.52. The Morgan fingerprint density at radius 2 is 1.87 bits per heavy atom. The van der Waals surface area contributed by atoms with Crippen molar-refractivity contribution in [2.75, 3.05) is 5.33 Å². The standard InChI is InChI=1S/C14H21Br/c1-3-13(11-15)5-4-6-14-9-7-12(2)8-10-14/h7-10,13H,3-6,11H2,1-2H3. The summed E-state index contributed by atoms with van der Waals surface area (Å²) < 4.78 is 0. The van der Waals surface area contributed by atoms with Gasteiger partial charge in [0.05, 0.1) is 0 Å². The van der Waals surface area contributed by atoms with Crippen LogP contribution in [0.4, 0.5) is 0 Å². The minimum atomic E-state index is 0.857. The largest absolute Gasteiger partial charge is 0.0925 e. The van der Waals surface area contributed by atoms with Crippen LogP contribution in [0.3, 0.4) is 0 Å². The number of benzene rings is 1. The molecule has 0 nitrogen and oxygen atoms in total. The summed E-state index contributed by atoms with van der Waals surface area (Å²) in [5.74, 6) is 0.857. The van der Waals surface area contributed by atoms with E-state index in [0.717, 1.165) is 11.2 Å². The highest BCUT2D eigenvalue weighted by molar-refractivity contribution is 9.09. The van der Waals surface area contributed by atoms with Gasteiger partial charge in [0.25, 0.3) is 0 Å². The molecule has 1 unspecified atom stereocenters. The maximum Gasteiger partial charge on any atom is 0.00595 e. The average molecular weight is 269 g/mol. The van der Waals surface area contributed by atoms with E-state index in [9.17, 15) is 0 Å². The zero-order valence-electron chi connectivity index (χ0n) is 9.80. The number of rotatable bonds is 6. The zero-order chi connectivity index (χ0) is 11.1. The third-order valence-electron chi connectivity index (χ3n) is 2.99. The van der Waals surface area contributed by atoms with E-state index >= 15 is 0 Å². The molecule has 0 aliphatic heterocycles. The van der Waals surface area contributed by atoms with Crippen LogP contribution in [-0.2, 0) is 6.42 Å². The van der Waals surface area contributed by atoms with Crippen LogP contribution < -0.4 is 0 Å². The Morgan fingerprint density at radius 3 is 2.40 bits per heavy atom. The van der Waals surface area contributed by atoms with Gasteiger partial charge in [-0.3, -0.25) is 0 Å². The molecule has 0 aliphatic rings. The second-order valence-corrected chi connectivity index (χ2v) is 4.95. The number of hydrogen-bond donors (Lipinski definition) is 0. The lowest BCUT2D eigenvalue weighted by molar-refractivity contribution is 0.506. The molecule has 0 fully saturated rings. The summed E-state index contributed by atoms with van der Waals surface area (Å²) in [6.45, 7) is 4.42. The Kier molecular flexibility index (Phi) is 6.00. The van der Waals surface area contributed by atoms with Crippen LogP contribution in [0, 0.1) is 12.8 Å². The summed E-state index contributed by atoms with van der Waals surface area (Å²) in [7, 11) is 0. The Labute approximate surface area is 102 Å². The summed E-state index contributed by atoms with van der Waals surface area (Å²) in [5.41, 5.74) is 2.83. The topological polar surface area (TPSA) is 0 Å². The van der Waals surface area contributed by atoms with E-state index in [4.69, 9.17) is 0 Å². The lowest BCUT2D eigenvalue weighted by Crippen LogP contribution is -2.00. The zero-order valence-corrected chi connectivity index (χ0v) is 11.4. The highest BCUT2D eigenvalue weighted by Gasteiger charge is 2.03. The number of halogens is 1. The van der Waals surface area contributed by atoms with E-state index in [1.807, 2.05) is 0 Å². The van der Waals surface area contributed by atoms with Gasteiger partial charge in [0, 0.05) is 5.33 Å². The van der Waals surface area contributed by atoms with Crippen molar-refractivity contribution in [3.05, 3.63) is 35.4 Å². The van der Waals surface area contributed by atoms with Crippen molar-refractivity contribution in [2.24, 2.45) is 5.92 Å². The predicted octanol–water partition coefficient (Wildman–Crippen LogP) is 4.74. The first kappa shape index (κ1) is 12.8. The summed E-state index contributed by atoms with van der Waals surface area (Å²) in [4.78, 5) is 0. The molecule has 1 aromatic rings. The SMILES string of the molecule is CCC(CBr)CCCc1ccc(C)cc1. The summed E-state index contributed by atoms with van der Waals surface area (Å²) in [5, 5.41) is 1.15. The van der Waals surface area contributed by atoms with E-state index in [1.165, 1.54) is 36.8 Å². The molecular weight excluding hydrogens is 248 g/mol. The lowest BCUT2D eigenvalue weighted by atomic mass is 9.99. The normalized spacial score (nSPS) is 12.7. The summed E-state index contributed by atoms with van der Waals surface area (Å²) >= 11 is 3.57. The van der Waals surface area contributed by atoms with Gasteiger partial charge >= 0.3 is 0 Å². The highest BCUT2D eigenvalue weighted by atomic mass is 79.9. The fraction of sp³-hybridized carbons (Fsp3) is 0.571. The smallest absolute Gasteiger partial charge is 0.00595 e. The Bertz CT molecular complexity index is 259. The summed E-state index contributed by atoms with van der Waals surface area (Å²) in [6, 6.07) is 8.92. The number of alkyl halides is 1. The van der Waals surface area contributed by atoms with Crippen molar-refractivity contribution in [3.8, 4) is 0 Å². The van der Waals surface area contributed by atoms with Gasteiger partial charge in [-0.25, -0.2) is 0 Å². The molecule has 0 radical (unpaired) electrons. The molecule has 1 atom stereocenters. The molecule has 0 heterocycles. The molecule has 0 amide bonds. The summed E-state index contributed by atoms with van der Waals surface area (Å²) in [6.07, 6.45) is 5.17. The second kappa shape index (κ2) is 7.05. The first-order valence-corrected chi connectivity index (χ1v) is 7.00. The van der Waals surface area contributed by atoms with Crippen molar-refractivity contribution < 1.29 is 0 Å². The lowest BCUT2D eigenvalue weighted by Gasteiger charge is -2.10. The second-order valence-electron chi connectivity index (χ2n) is 4.31. The minimum Gasteiger partial charge on any atom is -0.0925 e. The predicted molar refractivity (Wildman–Crippen MR) is 71.7 cm³/mol. The van der Waals surface area contributed by atoms with Crippen LogP contribution in [0.15, 0.2) is 24.3 Å². The monoisotopic (exact) mass is 268 g/mol. The van der Waals surface area contributed by atoms with Crippen LogP contribution in [0.2, 0.25) is 0 Å². The van der Waals surface area contributed by atoms with Gasteiger partial charge in [-0.15, -0.1) is 0 Å². The van der Waals surface area contributed by atoms with E-state index in [-0.39, 0.29) is 0 Å². The molecule has 15 heavy (non-hydrogen) atoms. The van der Waals surface area contributed by atoms with E-state index in [2.05, 4.69) is 54.0 Å². The Morgan fingerprint density at radius 1 is 1.20 bits per heavy atom. The average Bonchev–Trinajstić information content (AvgIpc) is 2.27. The molecule has 0 spiro atoms. The van der Waals surface area contributed by atoms with Crippen molar-refractivity contribution in [1.82, 2.24) is 0 Å². The number of aryl methyl sites for hydroxylation is 2. The van der Waals surface area contributed by atoms with Crippen LogP contribution >= 0.6 is 15.9 Å². The van der Waals surface area contributed by atoms with Gasteiger partial charge in [0.1, 0.15) is 0 Å². The van der Waals surface area contributed by atoms with Crippen LogP contribution in [-0.4, -0.2) is 5.33 Å². The fourth-order valence-electron chi connectivity index (χ4n) is 1.74. The molecule has 0 saturated heterocycles. The Hall–Kier alpha value is -0.300. The van der Waals surface area contributed by atoms with Gasteiger partial charge in [-0.1, -0.05) is 59.1 Å². The third-order valence-corrected chi connectivity index (χ3v) is 3.91.